The van der Waals surface area contributed by atoms with Crippen LogP contribution in [0.15, 0.2) is 42.6 Å². The molecule has 104 valence electrons. The minimum Gasteiger partial charge on any atom is -0.346 e. The molecule has 0 radical (unpaired) electrons. The minimum atomic E-state index is -0.198. The average molecular weight is 291 g/mol. The van der Waals surface area contributed by atoms with Crippen molar-refractivity contribution in [1.29, 1.82) is 0 Å². The van der Waals surface area contributed by atoms with Gasteiger partial charge in [0.2, 0.25) is 0 Å². The van der Waals surface area contributed by atoms with Crippen LogP contribution in [0.5, 0.6) is 0 Å². The lowest BCUT2D eigenvalue weighted by molar-refractivity contribution is 0.0940. The Morgan fingerprint density at radius 2 is 2.15 bits per heavy atom. The third-order valence-electron chi connectivity index (χ3n) is 2.87. The zero-order valence-electron chi connectivity index (χ0n) is 10.9. The van der Waals surface area contributed by atoms with Crippen molar-refractivity contribution in [2.45, 2.75) is 13.0 Å². The number of nitrogens with one attached hydrogen (secondary N) is 2. The molecule has 1 atom stereocenters. The van der Waals surface area contributed by atoms with Crippen molar-refractivity contribution in [1.82, 2.24) is 10.3 Å². The maximum atomic E-state index is 12.1. The van der Waals surface area contributed by atoms with Crippen molar-refractivity contribution in [3.63, 3.8) is 0 Å². The van der Waals surface area contributed by atoms with E-state index < -0.39 is 0 Å². The highest BCUT2D eigenvalue weighted by atomic mass is 35.5. The summed E-state index contributed by atoms with van der Waals surface area (Å²) in [6, 6.07) is 10.4. The predicted octanol–water partition coefficient (Wildman–Crippen LogP) is 2.51. The largest absolute Gasteiger partial charge is 0.346 e. The number of hydrazine groups is 1. The van der Waals surface area contributed by atoms with Gasteiger partial charge in [-0.15, -0.1) is 0 Å². The standard InChI is InChI=1S/C14H15ClN4O/c1-9(10-3-2-4-12(15)7-10)18-14(20)11-5-6-17-13(8-11)19-16/h2-9H,16H2,1H3,(H,17,19)(H,18,20). The van der Waals surface area contributed by atoms with E-state index in [1.807, 2.05) is 25.1 Å². The maximum absolute atomic E-state index is 12.1. The van der Waals surface area contributed by atoms with Crippen molar-refractivity contribution < 1.29 is 4.79 Å². The monoisotopic (exact) mass is 290 g/mol. The van der Waals surface area contributed by atoms with Crippen LogP contribution in [-0.2, 0) is 0 Å². The molecule has 0 saturated heterocycles. The molecule has 1 unspecified atom stereocenters. The summed E-state index contributed by atoms with van der Waals surface area (Å²) in [4.78, 5) is 16.1. The molecule has 5 nitrogen and oxygen atoms in total. The molecular formula is C14H15ClN4O. The first-order chi connectivity index (χ1) is 9.60. The number of anilines is 1. The SMILES string of the molecule is CC(NC(=O)c1ccnc(NN)c1)c1cccc(Cl)c1. The summed E-state index contributed by atoms with van der Waals surface area (Å²) in [7, 11) is 0. The van der Waals surface area contributed by atoms with Gasteiger partial charge in [-0.25, -0.2) is 10.8 Å². The molecule has 0 aliphatic rings. The molecule has 0 aliphatic heterocycles. The molecular weight excluding hydrogens is 276 g/mol. The second-order valence-electron chi connectivity index (χ2n) is 4.32. The normalized spacial score (nSPS) is 11.8. The number of hydrogen-bond acceptors (Lipinski definition) is 4. The molecule has 0 saturated carbocycles. The first kappa shape index (κ1) is 14.3. The van der Waals surface area contributed by atoms with Crippen LogP contribution >= 0.6 is 11.6 Å². The fourth-order valence-corrected chi connectivity index (χ4v) is 1.99. The van der Waals surface area contributed by atoms with Gasteiger partial charge in [0.05, 0.1) is 6.04 Å². The lowest BCUT2D eigenvalue weighted by atomic mass is 10.1. The Morgan fingerprint density at radius 1 is 1.35 bits per heavy atom. The maximum Gasteiger partial charge on any atom is 0.251 e. The molecule has 1 aromatic carbocycles. The highest BCUT2D eigenvalue weighted by Crippen LogP contribution is 2.18. The van der Waals surface area contributed by atoms with Gasteiger partial charge in [-0.3, -0.25) is 4.79 Å². The fourth-order valence-electron chi connectivity index (χ4n) is 1.79. The van der Waals surface area contributed by atoms with Gasteiger partial charge in [-0.1, -0.05) is 23.7 Å². The summed E-state index contributed by atoms with van der Waals surface area (Å²) in [5, 5.41) is 3.54. The van der Waals surface area contributed by atoms with Gasteiger partial charge < -0.3 is 10.7 Å². The van der Waals surface area contributed by atoms with Crippen LogP contribution < -0.4 is 16.6 Å². The van der Waals surface area contributed by atoms with Crippen molar-refractivity contribution in [3.05, 3.63) is 58.7 Å². The van der Waals surface area contributed by atoms with E-state index in [0.29, 0.717) is 16.4 Å². The number of amides is 1. The molecule has 2 rings (SSSR count). The van der Waals surface area contributed by atoms with Crippen LogP contribution in [0.2, 0.25) is 5.02 Å². The van der Waals surface area contributed by atoms with E-state index in [-0.39, 0.29) is 11.9 Å². The molecule has 0 aliphatic carbocycles. The van der Waals surface area contributed by atoms with Gasteiger partial charge in [-0.2, -0.15) is 0 Å². The summed E-state index contributed by atoms with van der Waals surface area (Å²) in [6.45, 7) is 1.90. The van der Waals surface area contributed by atoms with Crippen molar-refractivity contribution in [2.75, 3.05) is 5.43 Å². The van der Waals surface area contributed by atoms with Gasteiger partial charge in [0.15, 0.2) is 0 Å². The number of pyridine rings is 1. The second-order valence-corrected chi connectivity index (χ2v) is 4.76. The Labute approximate surface area is 122 Å². The van der Waals surface area contributed by atoms with E-state index in [1.165, 1.54) is 6.20 Å². The van der Waals surface area contributed by atoms with Gasteiger partial charge >= 0.3 is 0 Å². The number of aromatic nitrogens is 1. The highest BCUT2D eigenvalue weighted by Gasteiger charge is 2.12. The number of rotatable bonds is 4. The van der Waals surface area contributed by atoms with Crippen LogP contribution in [0.4, 0.5) is 5.82 Å². The first-order valence-corrected chi connectivity index (χ1v) is 6.47. The number of halogens is 1. The molecule has 0 bridgehead atoms. The lowest BCUT2D eigenvalue weighted by Crippen LogP contribution is -2.26. The van der Waals surface area contributed by atoms with E-state index in [9.17, 15) is 4.79 Å². The molecule has 0 fully saturated rings. The molecule has 2 aromatic rings. The van der Waals surface area contributed by atoms with Crippen LogP contribution in [0.3, 0.4) is 0 Å². The Kier molecular flexibility index (Phi) is 4.55. The summed E-state index contributed by atoms with van der Waals surface area (Å²) in [5.74, 6) is 5.51. The Bertz CT molecular complexity index is 618. The zero-order valence-corrected chi connectivity index (χ0v) is 11.7. The molecule has 1 amide bonds. The number of nitrogens with zero attached hydrogens (tertiary/aromatic N) is 1. The van der Waals surface area contributed by atoms with Crippen molar-refractivity contribution >= 4 is 23.3 Å². The number of carbonyl (C=O) groups excluding carboxylic acids is 1. The number of benzene rings is 1. The van der Waals surface area contributed by atoms with Gasteiger partial charge in [0.25, 0.3) is 5.91 Å². The summed E-state index contributed by atoms with van der Waals surface area (Å²) in [5.41, 5.74) is 3.84. The third kappa shape index (κ3) is 3.46. The number of nitrogen functional groups attached to an aromatic ring is 1. The highest BCUT2D eigenvalue weighted by molar-refractivity contribution is 6.30. The Hall–Kier alpha value is -2.11. The quantitative estimate of drug-likeness (QED) is 0.597. The van der Waals surface area contributed by atoms with Crippen LogP contribution in [0.1, 0.15) is 28.9 Å². The van der Waals surface area contributed by atoms with Crippen LogP contribution in [0.25, 0.3) is 0 Å². The Balaban J connectivity index is 2.10. The number of nitrogens with two attached hydrogens (primary N) is 1. The average Bonchev–Trinajstić information content (AvgIpc) is 2.47. The summed E-state index contributed by atoms with van der Waals surface area (Å²) < 4.78 is 0. The molecule has 6 heteroatoms. The third-order valence-corrected chi connectivity index (χ3v) is 3.10. The summed E-state index contributed by atoms with van der Waals surface area (Å²) in [6.07, 6.45) is 1.52. The molecule has 4 N–H and O–H groups in total. The van der Waals surface area contributed by atoms with E-state index in [4.69, 9.17) is 17.4 Å². The molecule has 20 heavy (non-hydrogen) atoms. The second kappa shape index (κ2) is 6.36. The van der Waals surface area contributed by atoms with Gasteiger partial charge in [0.1, 0.15) is 5.82 Å². The smallest absolute Gasteiger partial charge is 0.251 e. The van der Waals surface area contributed by atoms with Gasteiger partial charge in [0, 0.05) is 16.8 Å². The summed E-state index contributed by atoms with van der Waals surface area (Å²) >= 11 is 5.94. The van der Waals surface area contributed by atoms with Crippen molar-refractivity contribution in [2.24, 2.45) is 5.84 Å². The van der Waals surface area contributed by atoms with E-state index in [0.717, 1.165) is 5.56 Å². The number of hydrogen-bond donors (Lipinski definition) is 3. The molecule has 1 aromatic heterocycles. The van der Waals surface area contributed by atoms with Gasteiger partial charge in [-0.05, 0) is 36.8 Å². The lowest BCUT2D eigenvalue weighted by Gasteiger charge is -2.15. The topological polar surface area (TPSA) is 80.0 Å². The Morgan fingerprint density at radius 3 is 2.85 bits per heavy atom. The first-order valence-electron chi connectivity index (χ1n) is 6.09. The molecule has 1 heterocycles. The number of carbonyl (C=O) groups is 1. The minimum absolute atomic E-state index is 0.149. The predicted molar refractivity (Wildman–Crippen MR) is 79.4 cm³/mol. The molecule has 0 spiro atoms. The van der Waals surface area contributed by atoms with Crippen LogP contribution in [0, 0.1) is 0 Å². The van der Waals surface area contributed by atoms with E-state index in [1.54, 1.807) is 18.2 Å². The van der Waals surface area contributed by atoms with Crippen LogP contribution in [-0.4, -0.2) is 10.9 Å². The van der Waals surface area contributed by atoms with Crippen molar-refractivity contribution in [3.8, 4) is 0 Å². The zero-order chi connectivity index (χ0) is 14.5. The van der Waals surface area contributed by atoms with E-state index >= 15 is 0 Å². The fraction of sp³-hybridized carbons (Fsp3) is 0.143. The van der Waals surface area contributed by atoms with E-state index in [2.05, 4.69) is 15.7 Å².